The number of aromatic nitrogens is 2. The summed E-state index contributed by atoms with van der Waals surface area (Å²) in [5.41, 5.74) is 2.24. The molecule has 1 aromatic heterocycles. The number of carboxylic acids is 1. The number of fused-ring (bicyclic) bond motifs is 1. The Labute approximate surface area is 116 Å². The normalized spacial score (nSPS) is 14.1. The number of rotatable bonds is 2. The fourth-order valence-corrected chi connectivity index (χ4v) is 2.28. The molecule has 0 fully saturated rings. The monoisotopic (exact) mass is 270 g/mol. The zero-order valence-corrected chi connectivity index (χ0v) is 11.0. The Morgan fingerprint density at radius 2 is 1.80 bits per heavy atom. The van der Waals surface area contributed by atoms with Crippen molar-refractivity contribution in [3.63, 3.8) is 0 Å². The predicted molar refractivity (Wildman–Crippen MR) is 75.7 cm³/mol. The second kappa shape index (κ2) is 4.80. The second-order valence-electron chi connectivity index (χ2n) is 4.64. The standard InChI is InChI=1S/C14H14N4O2/c1-17-6-7-18(12-5-3-2-4-11(12)17)14-15-8-10(9-16-14)13(19)20/h2-5,8-9H,6-7H2,1H3,(H,19,20). The molecule has 0 spiro atoms. The first-order valence-electron chi connectivity index (χ1n) is 6.30. The maximum atomic E-state index is 10.8. The van der Waals surface area contributed by atoms with E-state index in [0.717, 1.165) is 24.5 Å². The molecule has 0 unspecified atom stereocenters. The molecule has 1 N–H and O–H groups in total. The fraction of sp³-hybridized carbons (Fsp3) is 0.214. The Morgan fingerprint density at radius 3 is 2.45 bits per heavy atom. The molecule has 0 radical (unpaired) electrons. The number of aromatic carboxylic acids is 1. The van der Waals surface area contributed by atoms with Gasteiger partial charge in [-0.1, -0.05) is 12.1 Å². The minimum absolute atomic E-state index is 0.0937. The number of likely N-dealkylation sites (N-methyl/N-ethyl adjacent to an activating group) is 1. The fourth-order valence-electron chi connectivity index (χ4n) is 2.28. The Kier molecular flexibility index (Phi) is 2.98. The summed E-state index contributed by atoms with van der Waals surface area (Å²) in [7, 11) is 2.05. The van der Waals surface area contributed by atoms with Crippen LogP contribution in [0.2, 0.25) is 0 Å². The third kappa shape index (κ3) is 2.05. The van der Waals surface area contributed by atoms with Crippen molar-refractivity contribution in [1.82, 2.24) is 9.97 Å². The zero-order chi connectivity index (χ0) is 14.1. The highest BCUT2D eigenvalue weighted by Gasteiger charge is 2.22. The summed E-state index contributed by atoms with van der Waals surface area (Å²) in [6.07, 6.45) is 2.68. The third-order valence-electron chi connectivity index (χ3n) is 3.37. The summed E-state index contributed by atoms with van der Waals surface area (Å²) < 4.78 is 0. The number of nitrogens with zero attached hydrogens (tertiary/aromatic N) is 4. The largest absolute Gasteiger partial charge is 0.478 e. The third-order valence-corrected chi connectivity index (χ3v) is 3.37. The molecule has 1 aromatic carbocycles. The number of hydrogen-bond donors (Lipinski definition) is 1. The van der Waals surface area contributed by atoms with Crippen molar-refractivity contribution < 1.29 is 9.90 Å². The average Bonchev–Trinajstić information content (AvgIpc) is 2.48. The molecule has 2 aromatic rings. The molecule has 0 bridgehead atoms. The Bertz CT molecular complexity index is 642. The van der Waals surface area contributed by atoms with E-state index in [4.69, 9.17) is 5.11 Å². The van der Waals surface area contributed by atoms with Gasteiger partial charge in [0.05, 0.1) is 16.9 Å². The predicted octanol–water partition coefficient (Wildman–Crippen LogP) is 1.76. The SMILES string of the molecule is CN1CCN(c2ncc(C(=O)O)cn2)c2ccccc21. The molecule has 0 amide bonds. The molecule has 1 aliphatic heterocycles. The van der Waals surface area contributed by atoms with E-state index < -0.39 is 5.97 Å². The van der Waals surface area contributed by atoms with Crippen LogP contribution in [0.3, 0.4) is 0 Å². The van der Waals surface area contributed by atoms with Crippen molar-refractivity contribution in [2.24, 2.45) is 0 Å². The molecule has 3 rings (SSSR count). The van der Waals surface area contributed by atoms with Gasteiger partial charge in [0.1, 0.15) is 0 Å². The van der Waals surface area contributed by atoms with Gasteiger partial charge >= 0.3 is 5.97 Å². The van der Waals surface area contributed by atoms with Crippen LogP contribution < -0.4 is 9.80 Å². The number of benzene rings is 1. The van der Waals surface area contributed by atoms with Crippen LogP contribution in [0.15, 0.2) is 36.7 Å². The van der Waals surface area contributed by atoms with Crippen molar-refractivity contribution in [2.75, 3.05) is 29.9 Å². The highest BCUT2D eigenvalue weighted by molar-refractivity contribution is 5.87. The van der Waals surface area contributed by atoms with Crippen molar-refractivity contribution >= 4 is 23.3 Å². The maximum Gasteiger partial charge on any atom is 0.338 e. The summed E-state index contributed by atoms with van der Waals surface area (Å²) in [5.74, 6) is -0.495. The van der Waals surface area contributed by atoms with Gasteiger partial charge in [-0.05, 0) is 12.1 Å². The van der Waals surface area contributed by atoms with Crippen molar-refractivity contribution in [2.45, 2.75) is 0 Å². The maximum absolute atomic E-state index is 10.8. The van der Waals surface area contributed by atoms with Crippen molar-refractivity contribution in [3.8, 4) is 0 Å². The molecule has 6 heteroatoms. The molecule has 0 saturated heterocycles. The summed E-state index contributed by atoms with van der Waals surface area (Å²) in [5, 5.41) is 8.88. The van der Waals surface area contributed by atoms with Crippen molar-refractivity contribution in [1.29, 1.82) is 0 Å². The van der Waals surface area contributed by atoms with Gasteiger partial charge in [0.15, 0.2) is 0 Å². The molecule has 1 aliphatic rings. The van der Waals surface area contributed by atoms with Crippen LogP contribution in [0.5, 0.6) is 0 Å². The first-order chi connectivity index (χ1) is 9.66. The van der Waals surface area contributed by atoms with Gasteiger partial charge in [-0.25, -0.2) is 14.8 Å². The van der Waals surface area contributed by atoms with Gasteiger partial charge < -0.3 is 14.9 Å². The first-order valence-corrected chi connectivity index (χ1v) is 6.30. The van der Waals surface area contributed by atoms with Crippen LogP contribution >= 0.6 is 0 Å². The van der Waals surface area contributed by atoms with E-state index in [-0.39, 0.29) is 5.56 Å². The summed E-state index contributed by atoms with van der Waals surface area (Å²) in [6.45, 7) is 1.63. The number of carboxylic acid groups (broad SMARTS) is 1. The Balaban J connectivity index is 1.99. The average molecular weight is 270 g/mol. The van der Waals surface area contributed by atoms with Crippen LogP contribution in [0.1, 0.15) is 10.4 Å². The van der Waals surface area contributed by atoms with Crippen LogP contribution in [0, 0.1) is 0 Å². The van der Waals surface area contributed by atoms with Gasteiger partial charge in [-0.15, -0.1) is 0 Å². The van der Waals surface area contributed by atoms with E-state index in [1.54, 1.807) is 0 Å². The highest BCUT2D eigenvalue weighted by Crippen LogP contribution is 2.34. The first kappa shape index (κ1) is 12.4. The lowest BCUT2D eigenvalue weighted by atomic mass is 10.2. The molecule has 2 heterocycles. The Morgan fingerprint density at radius 1 is 1.15 bits per heavy atom. The van der Waals surface area contributed by atoms with E-state index >= 15 is 0 Å². The number of carbonyl (C=O) groups is 1. The van der Waals surface area contributed by atoms with E-state index in [1.165, 1.54) is 12.4 Å². The van der Waals surface area contributed by atoms with Crippen molar-refractivity contribution in [3.05, 3.63) is 42.2 Å². The lowest BCUT2D eigenvalue weighted by Gasteiger charge is -2.35. The molecule has 0 aliphatic carbocycles. The summed E-state index contributed by atoms with van der Waals surface area (Å²) >= 11 is 0. The van der Waals surface area contributed by atoms with Gasteiger partial charge in [-0.3, -0.25) is 0 Å². The summed E-state index contributed by atoms with van der Waals surface area (Å²) in [4.78, 5) is 23.3. The molecule has 0 atom stereocenters. The van der Waals surface area contributed by atoms with Gasteiger partial charge in [0, 0.05) is 32.5 Å². The molecular weight excluding hydrogens is 256 g/mol. The van der Waals surface area contributed by atoms with E-state index in [2.05, 4.69) is 14.9 Å². The molecule has 102 valence electrons. The smallest absolute Gasteiger partial charge is 0.338 e. The van der Waals surface area contributed by atoms with Crippen LogP contribution in [0.4, 0.5) is 17.3 Å². The molecule has 6 nitrogen and oxygen atoms in total. The highest BCUT2D eigenvalue weighted by atomic mass is 16.4. The minimum Gasteiger partial charge on any atom is -0.478 e. The van der Waals surface area contributed by atoms with E-state index in [9.17, 15) is 4.79 Å². The van der Waals surface area contributed by atoms with Gasteiger partial charge in [0.2, 0.25) is 5.95 Å². The zero-order valence-electron chi connectivity index (χ0n) is 11.0. The number of hydrogen-bond acceptors (Lipinski definition) is 5. The number of anilines is 3. The Hall–Kier alpha value is -2.63. The quantitative estimate of drug-likeness (QED) is 0.896. The van der Waals surface area contributed by atoms with Gasteiger partial charge in [-0.2, -0.15) is 0 Å². The molecular formula is C14H14N4O2. The topological polar surface area (TPSA) is 69.6 Å². The number of para-hydroxylation sites is 2. The summed E-state index contributed by atoms with van der Waals surface area (Å²) in [6, 6.07) is 8.02. The second-order valence-corrected chi connectivity index (χ2v) is 4.64. The van der Waals surface area contributed by atoms with E-state index in [1.807, 2.05) is 36.2 Å². The molecule has 20 heavy (non-hydrogen) atoms. The van der Waals surface area contributed by atoms with E-state index in [0.29, 0.717) is 5.95 Å². The van der Waals surface area contributed by atoms with Gasteiger partial charge in [0.25, 0.3) is 0 Å². The lowest BCUT2D eigenvalue weighted by Crippen LogP contribution is -2.37. The van der Waals surface area contributed by atoms with Crippen LogP contribution in [0.25, 0.3) is 0 Å². The van der Waals surface area contributed by atoms with Crippen LogP contribution in [-0.4, -0.2) is 41.2 Å². The minimum atomic E-state index is -1.02. The lowest BCUT2D eigenvalue weighted by molar-refractivity contribution is 0.0696. The molecule has 0 saturated carbocycles. The van der Waals surface area contributed by atoms with Crippen LogP contribution in [-0.2, 0) is 0 Å².